The first-order chi connectivity index (χ1) is 10.5. The number of fused-ring (bicyclic) bond motifs is 2. The van der Waals surface area contributed by atoms with Crippen molar-refractivity contribution in [2.75, 3.05) is 5.73 Å². The summed E-state index contributed by atoms with van der Waals surface area (Å²) in [5.41, 5.74) is 12.6. The van der Waals surface area contributed by atoms with Gasteiger partial charge in [0.15, 0.2) is 21.1 Å². The number of hydrogen-bond acceptors (Lipinski definition) is 9. The van der Waals surface area contributed by atoms with E-state index in [2.05, 4.69) is 39.9 Å². The lowest BCUT2D eigenvalue weighted by Gasteiger charge is -2.03. The van der Waals surface area contributed by atoms with Crippen molar-refractivity contribution >= 4 is 70.4 Å². The van der Waals surface area contributed by atoms with Crippen LogP contribution >= 0.6 is 24.4 Å². The minimum absolute atomic E-state index is 0.142. The first-order valence-electron chi connectivity index (χ1n) is 5.81. The van der Waals surface area contributed by atoms with E-state index in [1.807, 2.05) is 0 Å². The van der Waals surface area contributed by atoms with Gasteiger partial charge in [-0.05, 0) is 0 Å². The number of nitrogen functional groups attached to an aromatic ring is 1. The lowest BCUT2D eigenvalue weighted by molar-refractivity contribution is 1.20. The summed E-state index contributed by atoms with van der Waals surface area (Å²) in [6.07, 6.45) is 2.92. The van der Waals surface area contributed by atoms with Crippen LogP contribution in [0, 0.1) is 4.64 Å². The van der Waals surface area contributed by atoms with Gasteiger partial charge >= 0.3 is 0 Å². The van der Waals surface area contributed by atoms with Crippen LogP contribution in [0.2, 0.25) is 0 Å². The Kier molecular flexibility index (Phi) is 3.52. The molecule has 2 aromatic rings. The van der Waals surface area contributed by atoms with Crippen molar-refractivity contribution in [2.45, 2.75) is 0 Å². The summed E-state index contributed by atoms with van der Waals surface area (Å²) in [5, 5.41) is 0. The van der Waals surface area contributed by atoms with Crippen molar-refractivity contribution in [1.82, 2.24) is 19.9 Å². The monoisotopic (exact) mass is 332 g/mol. The van der Waals surface area contributed by atoms with E-state index in [1.165, 1.54) is 12.7 Å². The largest absolute Gasteiger partial charge is 0.369 e. The van der Waals surface area contributed by atoms with Gasteiger partial charge in [-0.25, -0.2) is 20.0 Å². The predicted octanol–water partition coefficient (Wildman–Crippen LogP) is 0.121. The third-order valence-corrected chi connectivity index (χ3v) is 3.12. The fourth-order valence-corrected chi connectivity index (χ4v) is 2.14. The molecule has 0 saturated heterocycles. The molecule has 10 nitrogen and oxygen atoms in total. The number of amidine groups is 1. The molecule has 0 bridgehead atoms. The Morgan fingerprint density at radius 3 is 2.77 bits per heavy atom. The molecule has 6 N–H and O–H groups in total. The minimum Gasteiger partial charge on any atom is -0.369 e. The number of rotatable bonds is 0. The van der Waals surface area contributed by atoms with E-state index in [0.717, 1.165) is 0 Å². The van der Waals surface area contributed by atoms with E-state index in [0.29, 0.717) is 32.3 Å². The van der Waals surface area contributed by atoms with Gasteiger partial charge in [0.1, 0.15) is 17.6 Å². The summed E-state index contributed by atoms with van der Waals surface area (Å²) in [6, 6.07) is 0. The van der Waals surface area contributed by atoms with Crippen LogP contribution in [0.3, 0.4) is 0 Å². The Morgan fingerprint density at radius 1 is 1.14 bits per heavy atom. The van der Waals surface area contributed by atoms with Gasteiger partial charge in [-0.3, -0.25) is 0 Å². The molecule has 4 heterocycles. The second kappa shape index (κ2) is 5.50. The molecule has 0 radical (unpaired) electrons. The number of nitrogens with one attached hydrogen (secondary N) is 2. The number of aromatic nitrogens is 4. The highest BCUT2D eigenvalue weighted by atomic mass is 32.1. The zero-order chi connectivity index (χ0) is 15.7. The maximum atomic E-state index is 5.40. The van der Waals surface area contributed by atoms with E-state index < -0.39 is 0 Å². The number of thiocarbonyl (C=S) groups is 1. The number of hydrogen-bond donors (Lipinski definition) is 4. The molecule has 2 aromatic heterocycles. The van der Waals surface area contributed by atoms with Gasteiger partial charge in [-0.2, -0.15) is 9.98 Å². The summed E-state index contributed by atoms with van der Waals surface area (Å²) < 4.78 is 0.439. The molecule has 0 saturated carbocycles. The molecule has 2 aliphatic rings. The zero-order valence-corrected chi connectivity index (χ0v) is 12.4. The first kappa shape index (κ1) is 14.1. The van der Waals surface area contributed by atoms with Crippen molar-refractivity contribution in [1.29, 1.82) is 0 Å². The molecule has 0 unspecified atom stereocenters. The normalized spacial score (nSPS) is 15.6. The van der Waals surface area contributed by atoms with Crippen molar-refractivity contribution < 1.29 is 0 Å². The fraction of sp³-hybridized carbons (Fsp3) is 0. The SMILES string of the molecule is NC1=NC(=S)C2=NC=NC2=N1.Nc1nc(=S)c2[nH]cnc2[nH]1. The lowest BCUT2D eigenvalue weighted by Crippen LogP contribution is -2.27. The van der Waals surface area contributed by atoms with E-state index in [4.69, 9.17) is 35.9 Å². The standard InChI is InChI=1S/C5H5N5S.C5H3N5S/c2*6-5-9-3-2(4(11)10-5)7-1-8-3/h1H,(H4,6,7,8,9,10,11);1H,(H2,6,10,11). The number of H-pyrrole nitrogens is 2. The summed E-state index contributed by atoms with van der Waals surface area (Å²) >= 11 is 9.77. The Bertz CT molecular complexity index is 944. The minimum atomic E-state index is 0.142. The topological polar surface area (TPSA) is 159 Å². The fourth-order valence-electron chi connectivity index (χ4n) is 1.65. The van der Waals surface area contributed by atoms with Crippen LogP contribution < -0.4 is 11.5 Å². The Labute approximate surface area is 133 Å². The molecule has 0 amide bonds. The average molecular weight is 332 g/mol. The van der Waals surface area contributed by atoms with Gasteiger partial charge < -0.3 is 21.4 Å². The van der Waals surface area contributed by atoms with Crippen LogP contribution in [0.5, 0.6) is 0 Å². The third kappa shape index (κ3) is 2.64. The van der Waals surface area contributed by atoms with Gasteiger partial charge in [0.25, 0.3) is 0 Å². The van der Waals surface area contributed by atoms with Gasteiger partial charge in [-0.1, -0.05) is 24.4 Å². The quantitative estimate of drug-likeness (QED) is 0.501. The summed E-state index contributed by atoms with van der Waals surface area (Å²) in [5.74, 6) is 0.889. The molecule has 110 valence electrons. The van der Waals surface area contributed by atoms with Gasteiger partial charge in [0.05, 0.1) is 6.33 Å². The molecule has 0 aliphatic carbocycles. The first-order valence-corrected chi connectivity index (χ1v) is 6.63. The molecule has 22 heavy (non-hydrogen) atoms. The van der Waals surface area contributed by atoms with Crippen LogP contribution in [0.4, 0.5) is 5.95 Å². The number of guanidine groups is 1. The maximum absolute atomic E-state index is 5.40. The van der Waals surface area contributed by atoms with Crippen molar-refractivity contribution in [3.8, 4) is 0 Å². The number of nitrogens with two attached hydrogens (primary N) is 2. The molecule has 12 heteroatoms. The number of aromatic amines is 2. The number of nitrogens with zero attached hydrogens (tertiary/aromatic N) is 6. The number of anilines is 1. The van der Waals surface area contributed by atoms with E-state index in [1.54, 1.807) is 0 Å². The van der Waals surface area contributed by atoms with Crippen molar-refractivity contribution in [3.05, 3.63) is 11.0 Å². The second-order valence-corrected chi connectivity index (χ2v) is 4.76. The highest BCUT2D eigenvalue weighted by Crippen LogP contribution is 2.07. The average Bonchev–Trinajstić information content (AvgIpc) is 3.07. The highest BCUT2D eigenvalue weighted by molar-refractivity contribution is 7.82. The van der Waals surface area contributed by atoms with E-state index in [9.17, 15) is 0 Å². The summed E-state index contributed by atoms with van der Waals surface area (Å²) in [4.78, 5) is 29.0. The van der Waals surface area contributed by atoms with E-state index in [-0.39, 0.29) is 11.9 Å². The van der Waals surface area contributed by atoms with Crippen LogP contribution in [0.25, 0.3) is 11.2 Å². The smallest absolute Gasteiger partial charge is 0.223 e. The van der Waals surface area contributed by atoms with Crippen LogP contribution in [0.1, 0.15) is 0 Å². The van der Waals surface area contributed by atoms with Crippen molar-refractivity contribution in [2.24, 2.45) is 25.7 Å². The molecule has 0 spiro atoms. The molecule has 0 atom stereocenters. The second-order valence-electron chi connectivity index (χ2n) is 3.99. The molecule has 2 aliphatic heterocycles. The Morgan fingerprint density at radius 2 is 1.95 bits per heavy atom. The summed E-state index contributed by atoms with van der Waals surface area (Å²) in [6.45, 7) is 0. The van der Waals surface area contributed by atoms with Crippen LogP contribution in [-0.4, -0.2) is 48.8 Å². The number of imidazole rings is 1. The van der Waals surface area contributed by atoms with E-state index >= 15 is 0 Å². The zero-order valence-electron chi connectivity index (χ0n) is 10.8. The maximum Gasteiger partial charge on any atom is 0.223 e. The Hall–Kier alpha value is -2.86. The number of aliphatic imine (C=N–C) groups is 4. The van der Waals surface area contributed by atoms with Gasteiger partial charge in [0.2, 0.25) is 11.9 Å². The van der Waals surface area contributed by atoms with Crippen LogP contribution in [0.15, 0.2) is 26.3 Å². The lowest BCUT2D eigenvalue weighted by atomic mass is 10.3. The molecular weight excluding hydrogens is 324 g/mol. The Balaban J connectivity index is 0.000000131. The third-order valence-electron chi connectivity index (χ3n) is 2.54. The van der Waals surface area contributed by atoms with Crippen LogP contribution in [-0.2, 0) is 0 Å². The molecular formula is C10H8N10S2. The summed E-state index contributed by atoms with van der Waals surface area (Å²) in [7, 11) is 0. The predicted molar refractivity (Wildman–Crippen MR) is 91.1 cm³/mol. The molecule has 4 rings (SSSR count). The highest BCUT2D eigenvalue weighted by Gasteiger charge is 2.21. The molecule has 0 fully saturated rings. The van der Waals surface area contributed by atoms with Gasteiger partial charge in [0, 0.05) is 0 Å². The molecule has 0 aromatic carbocycles. The van der Waals surface area contributed by atoms with Gasteiger partial charge in [-0.15, -0.1) is 0 Å². The van der Waals surface area contributed by atoms with Crippen molar-refractivity contribution in [3.63, 3.8) is 0 Å².